The molecule has 0 aliphatic heterocycles. The van der Waals surface area contributed by atoms with Crippen molar-refractivity contribution >= 4 is 27.0 Å². The Labute approximate surface area is 216 Å². The predicted octanol–water partition coefficient (Wildman–Crippen LogP) is 4.04. The van der Waals surface area contributed by atoms with Gasteiger partial charge in [-0.05, 0) is 53.4 Å². The summed E-state index contributed by atoms with van der Waals surface area (Å²) < 4.78 is 34.3. The molecule has 0 saturated heterocycles. The summed E-state index contributed by atoms with van der Waals surface area (Å²) in [6, 6.07) is 19.9. The highest BCUT2D eigenvalue weighted by Gasteiger charge is 2.38. The number of amides is 1. The van der Waals surface area contributed by atoms with Crippen LogP contribution in [0.5, 0.6) is 5.75 Å². The molecule has 0 spiro atoms. The molecular formula is C27H30N4O5S. The van der Waals surface area contributed by atoms with Crippen LogP contribution in [0.1, 0.15) is 25.0 Å². The number of nitrogens with one attached hydrogen (secondary N) is 2. The number of hydroxylamine groups is 1. The number of carbonyl (C=O) groups excluding carboxylic acids is 1. The Balaban J connectivity index is 1.66. The Morgan fingerprint density at radius 3 is 2.43 bits per heavy atom. The van der Waals surface area contributed by atoms with Crippen LogP contribution in [-0.4, -0.2) is 41.7 Å². The van der Waals surface area contributed by atoms with Gasteiger partial charge in [0.05, 0.1) is 36.0 Å². The molecule has 1 atom stereocenters. The van der Waals surface area contributed by atoms with Crippen LogP contribution < -0.4 is 10.2 Å². The summed E-state index contributed by atoms with van der Waals surface area (Å²) in [7, 11) is -2.59. The van der Waals surface area contributed by atoms with Crippen LogP contribution in [0.25, 0.3) is 11.0 Å². The minimum Gasteiger partial charge on any atom is -0.497 e. The molecule has 10 heteroatoms. The van der Waals surface area contributed by atoms with Gasteiger partial charge >= 0.3 is 0 Å². The van der Waals surface area contributed by atoms with Gasteiger partial charge in [0.1, 0.15) is 11.8 Å². The van der Waals surface area contributed by atoms with Crippen molar-refractivity contribution in [3.8, 4) is 5.75 Å². The summed E-state index contributed by atoms with van der Waals surface area (Å²) in [4.78, 5) is 26.2. The first-order chi connectivity index (χ1) is 17.8. The molecule has 9 nitrogen and oxygen atoms in total. The molecule has 1 amide bonds. The van der Waals surface area contributed by atoms with Gasteiger partial charge in [0.25, 0.3) is 5.91 Å². The third kappa shape index (κ3) is 6.16. The Hall–Kier alpha value is -3.73. The first-order valence-electron chi connectivity index (χ1n) is 11.8. The second-order valence-corrected chi connectivity index (χ2v) is 10.8. The number of rotatable bonds is 11. The average molecular weight is 523 g/mol. The molecule has 1 heterocycles. The fourth-order valence-electron chi connectivity index (χ4n) is 4.07. The zero-order valence-corrected chi connectivity index (χ0v) is 21.7. The maximum Gasteiger partial charge on any atom is 0.262 e. The SMILES string of the molecule is COc1ccc(S(=O)(=O)N(Cc2ccc3nc[nH]c3c2)[C@@H](C(=O)NOCc2ccccc2)C(C)C)cc1. The van der Waals surface area contributed by atoms with E-state index >= 15 is 0 Å². The second kappa shape index (κ2) is 11.5. The molecule has 0 unspecified atom stereocenters. The van der Waals surface area contributed by atoms with E-state index in [1.807, 2.05) is 42.5 Å². The molecule has 4 rings (SSSR count). The van der Waals surface area contributed by atoms with Gasteiger partial charge < -0.3 is 9.72 Å². The molecule has 0 aliphatic carbocycles. The van der Waals surface area contributed by atoms with E-state index in [4.69, 9.17) is 9.57 Å². The molecular weight excluding hydrogens is 492 g/mol. The molecule has 194 valence electrons. The van der Waals surface area contributed by atoms with Gasteiger partial charge in [-0.25, -0.2) is 18.9 Å². The zero-order chi connectivity index (χ0) is 26.4. The molecule has 37 heavy (non-hydrogen) atoms. The summed E-state index contributed by atoms with van der Waals surface area (Å²) in [6.45, 7) is 3.73. The highest BCUT2D eigenvalue weighted by atomic mass is 32.2. The summed E-state index contributed by atoms with van der Waals surface area (Å²) in [5, 5.41) is 0. The van der Waals surface area contributed by atoms with Crippen LogP contribution in [0.3, 0.4) is 0 Å². The maximum absolute atomic E-state index is 13.9. The van der Waals surface area contributed by atoms with Crippen LogP contribution in [0.4, 0.5) is 0 Å². The minimum absolute atomic E-state index is 0.0295. The van der Waals surface area contributed by atoms with Gasteiger partial charge in [-0.15, -0.1) is 0 Å². The Bertz CT molecular complexity index is 1440. The number of aromatic amines is 1. The topological polar surface area (TPSA) is 114 Å². The van der Waals surface area contributed by atoms with Crippen molar-refractivity contribution in [1.82, 2.24) is 19.8 Å². The fraction of sp³-hybridized carbons (Fsp3) is 0.259. The van der Waals surface area contributed by atoms with Crippen LogP contribution in [-0.2, 0) is 32.8 Å². The number of ether oxygens (including phenoxy) is 1. The monoisotopic (exact) mass is 522 g/mol. The first-order valence-corrected chi connectivity index (χ1v) is 13.3. The van der Waals surface area contributed by atoms with E-state index in [0.717, 1.165) is 16.6 Å². The van der Waals surface area contributed by atoms with Crippen LogP contribution in [0.15, 0.2) is 84.0 Å². The largest absolute Gasteiger partial charge is 0.497 e. The van der Waals surface area contributed by atoms with Crippen LogP contribution in [0.2, 0.25) is 0 Å². The number of hydrogen-bond donors (Lipinski definition) is 2. The number of fused-ring (bicyclic) bond motifs is 1. The number of hydrogen-bond acceptors (Lipinski definition) is 6. The van der Waals surface area contributed by atoms with Crippen molar-refractivity contribution < 1.29 is 22.8 Å². The standard InChI is InChI=1S/C27H30N4O5S/c1-19(2)26(27(32)30-36-17-20-7-5-4-6-8-20)31(16-21-9-14-24-25(15-21)29-18-28-24)37(33,34)23-12-10-22(35-3)11-13-23/h4-15,18-19,26H,16-17H2,1-3H3,(H,28,29)(H,30,32)/t26-/m1/s1. The number of aromatic nitrogens is 2. The van der Waals surface area contributed by atoms with Gasteiger partial charge in [0.2, 0.25) is 10.0 Å². The molecule has 1 aromatic heterocycles. The lowest BCUT2D eigenvalue weighted by molar-refractivity contribution is -0.140. The van der Waals surface area contributed by atoms with E-state index in [1.54, 1.807) is 38.4 Å². The molecule has 2 N–H and O–H groups in total. The number of methoxy groups -OCH3 is 1. The lowest BCUT2D eigenvalue weighted by Gasteiger charge is -2.32. The summed E-state index contributed by atoms with van der Waals surface area (Å²) >= 11 is 0. The summed E-state index contributed by atoms with van der Waals surface area (Å²) in [5.74, 6) is -0.377. The lowest BCUT2D eigenvalue weighted by atomic mass is 10.0. The van der Waals surface area contributed by atoms with E-state index in [2.05, 4.69) is 15.4 Å². The van der Waals surface area contributed by atoms with E-state index in [1.165, 1.54) is 23.5 Å². The quantitative estimate of drug-likeness (QED) is 0.288. The number of carbonyl (C=O) groups is 1. The highest BCUT2D eigenvalue weighted by molar-refractivity contribution is 7.89. The molecule has 3 aromatic carbocycles. The third-order valence-corrected chi connectivity index (χ3v) is 7.80. The summed E-state index contributed by atoms with van der Waals surface area (Å²) in [5.41, 5.74) is 5.58. The normalized spacial score (nSPS) is 12.7. The number of nitrogens with zero attached hydrogens (tertiary/aromatic N) is 2. The van der Waals surface area contributed by atoms with Gasteiger partial charge in [-0.3, -0.25) is 9.63 Å². The van der Waals surface area contributed by atoms with Gasteiger partial charge in [0, 0.05) is 6.54 Å². The van der Waals surface area contributed by atoms with Crippen LogP contribution >= 0.6 is 0 Å². The Morgan fingerprint density at radius 1 is 1.03 bits per heavy atom. The van der Waals surface area contributed by atoms with Crippen molar-refractivity contribution in [2.24, 2.45) is 5.92 Å². The minimum atomic E-state index is -4.10. The number of sulfonamides is 1. The molecule has 0 radical (unpaired) electrons. The van der Waals surface area contributed by atoms with Gasteiger partial charge in [-0.2, -0.15) is 4.31 Å². The molecule has 0 aliphatic rings. The average Bonchev–Trinajstić information content (AvgIpc) is 3.37. The third-order valence-electron chi connectivity index (χ3n) is 5.95. The predicted molar refractivity (Wildman–Crippen MR) is 140 cm³/mol. The first kappa shape index (κ1) is 26.3. The zero-order valence-electron chi connectivity index (χ0n) is 20.9. The van der Waals surface area contributed by atoms with Crippen LogP contribution in [0, 0.1) is 5.92 Å². The van der Waals surface area contributed by atoms with E-state index in [0.29, 0.717) is 11.3 Å². The number of H-pyrrole nitrogens is 1. The number of benzene rings is 3. The van der Waals surface area contributed by atoms with Crippen molar-refractivity contribution in [2.45, 2.75) is 37.9 Å². The maximum atomic E-state index is 13.9. The molecule has 0 saturated carbocycles. The Kier molecular flexibility index (Phi) is 8.22. The van der Waals surface area contributed by atoms with Crippen molar-refractivity contribution in [3.05, 3.63) is 90.3 Å². The van der Waals surface area contributed by atoms with E-state index < -0.39 is 22.0 Å². The van der Waals surface area contributed by atoms with Crippen molar-refractivity contribution in [3.63, 3.8) is 0 Å². The smallest absolute Gasteiger partial charge is 0.262 e. The molecule has 4 aromatic rings. The van der Waals surface area contributed by atoms with Gasteiger partial charge in [0.15, 0.2) is 0 Å². The van der Waals surface area contributed by atoms with Crippen molar-refractivity contribution in [1.29, 1.82) is 0 Å². The second-order valence-electron chi connectivity index (χ2n) is 8.91. The molecule has 0 bridgehead atoms. The van der Waals surface area contributed by atoms with Crippen molar-refractivity contribution in [2.75, 3.05) is 7.11 Å². The Morgan fingerprint density at radius 2 is 1.76 bits per heavy atom. The lowest BCUT2D eigenvalue weighted by Crippen LogP contribution is -2.51. The summed E-state index contributed by atoms with van der Waals surface area (Å²) in [6.07, 6.45) is 1.58. The fourth-order valence-corrected chi connectivity index (χ4v) is 5.78. The van der Waals surface area contributed by atoms with Gasteiger partial charge in [-0.1, -0.05) is 50.2 Å². The van der Waals surface area contributed by atoms with E-state index in [9.17, 15) is 13.2 Å². The number of imidazole rings is 1. The highest BCUT2D eigenvalue weighted by Crippen LogP contribution is 2.27. The van der Waals surface area contributed by atoms with E-state index in [-0.39, 0.29) is 24.0 Å². The molecule has 0 fully saturated rings.